The zero-order chi connectivity index (χ0) is 20.2. The van der Waals surface area contributed by atoms with E-state index in [1.54, 1.807) is 0 Å². The summed E-state index contributed by atoms with van der Waals surface area (Å²) < 4.78 is 0. The van der Waals surface area contributed by atoms with Crippen LogP contribution < -0.4 is 11.1 Å². The maximum Gasteiger partial charge on any atom is 0.267 e. The lowest BCUT2D eigenvalue weighted by Crippen LogP contribution is -2.27. The number of ketones is 1. The highest BCUT2D eigenvalue weighted by Gasteiger charge is 2.33. The van der Waals surface area contributed by atoms with E-state index in [1.165, 1.54) is 16.9 Å². The molecular formula is C22H23N3O2S. The fourth-order valence-electron chi connectivity index (χ4n) is 3.67. The number of thiophene rings is 1. The van der Waals surface area contributed by atoms with E-state index in [0.29, 0.717) is 32.8 Å². The van der Waals surface area contributed by atoms with Crippen LogP contribution in [0, 0.1) is 19.3 Å². The highest BCUT2D eigenvalue weighted by Crippen LogP contribution is 2.39. The molecule has 1 aliphatic carbocycles. The van der Waals surface area contributed by atoms with Crippen LogP contribution in [0.4, 0.5) is 11.4 Å². The van der Waals surface area contributed by atoms with E-state index in [1.807, 2.05) is 38.1 Å². The van der Waals surface area contributed by atoms with Crippen LogP contribution in [-0.4, -0.2) is 16.7 Å². The number of aromatic nitrogens is 1. The van der Waals surface area contributed by atoms with Gasteiger partial charge in [0.25, 0.3) is 5.91 Å². The first-order valence-corrected chi connectivity index (χ1v) is 10.1. The SMILES string of the molecule is Cc1ccc(NC(=O)c2sc3nc4c(cc3c2N)C(=O)CC(C)(C)C4)cc1C. The van der Waals surface area contributed by atoms with Crippen molar-refractivity contribution < 1.29 is 9.59 Å². The molecule has 2 heterocycles. The fourth-order valence-corrected chi connectivity index (χ4v) is 4.67. The number of anilines is 2. The summed E-state index contributed by atoms with van der Waals surface area (Å²) in [5, 5.41) is 3.60. The number of rotatable bonds is 2. The topological polar surface area (TPSA) is 85.1 Å². The minimum absolute atomic E-state index is 0.0902. The summed E-state index contributed by atoms with van der Waals surface area (Å²) in [7, 11) is 0. The number of Topliss-reactive ketones (excluding diaryl/α,β-unsaturated/α-hetero) is 1. The van der Waals surface area contributed by atoms with E-state index < -0.39 is 0 Å². The number of fused-ring (bicyclic) bond motifs is 2. The Morgan fingerprint density at radius 1 is 1.18 bits per heavy atom. The summed E-state index contributed by atoms with van der Waals surface area (Å²) in [6.45, 7) is 8.18. The van der Waals surface area contributed by atoms with Crippen molar-refractivity contribution in [3.05, 3.63) is 51.5 Å². The van der Waals surface area contributed by atoms with Crippen molar-refractivity contribution in [2.45, 2.75) is 40.5 Å². The summed E-state index contributed by atoms with van der Waals surface area (Å²) in [4.78, 5) is 31.2. The molecule has 0 spiro atoms. The molecule has 3 N–H and O–H groups in total. The second kappa shape index (κ2) is 6.41. The summed E-state index contributed by atoms with van der Waals surface area (Å²) in [6.07, 6.45) is 1.24. The Morgan fingerprint density at radius 3 is 2.64 bits per heavy atom. The number of benzene rings is 1. The molecule has 0 bridgehead atoms. The van der Waals surface area contributed by atoms with Crippen molar-refractivity contribution in [1.29, 1.82) is 0 Å². The van der Waals surface area contributed by atoms with Gasteiger partial charge in [-0.2, -0.15) is 0 Å². The molecule has 0 atom stereocenters. The number of nitrogens with one attached hydrogen (secondary N) is 1. The lowest BCUT2D eigenvalue weighted by atomic mass is 9.75. The smallest absolute Gasteiger partial charge is 0.267 e. The van der Waals surface area contributed by atoms with Crippen LogP contribution in [0.15, 0.2) is 24.3 Å². The molecule has 0 radical (unpaired) electrons. The third kappa shape index (κ3) is 3.18. The Kier molecular flexibility index (Phi) is 4.27. The normalized spacial score (nSPS) is 15.5. The number of carbonyl (C=O) groups is 2. The molecule has 0 saturated carbocycles. The van der Waals surface area contributed by atoms with Crippen LogP contribution in [0.25, 0.3) is 10.2 Å². The second-order valence-corrected chi connectivity index (χ2v) is 9.37. The standard InChI is InChI=1S/C22H23N3O2S/c1-11-5-6-13(7-12(11)2)24-20(27)19-18(23)15-8-14-16(25-21(15)28-19)9-22(3,4)10-17(14)26/h5-8H,9-10,23H2,1-4H3,(H,24,27). The molecule has 6 heteroatoms. The van der Waals surface area contributed by atoms with Gasteiger partial charge < -0.3 is 11.1 Å². The van der Waals surface area contributed by atoms with Gasteiger partial charge in [0.15, 0.2) is 5.78 Å². The number of pyridine rings is 1. The molecule has 0 saturated heterocycles. The van der Waals surface area contributed by atoms with Gasteiger partial charge in [0.05, 0.1) is 11.4 Å². The predicted molar refractivity (Wildman–Crippen MR) is 114 cm³/mol. The second-order valence-electron chi connectivity index (χ2n) is 8.37. The maximum atomic E-state index is 12.8. The van der Waals surface area contributed by atoms with Gasteiger partial charge in [-0.15, -0.1) is 11.3 Å². The van der Waals surface area contributed by atoms with Gasteiger partial charge in [-0.05, 0) is 55.0 Å². The predicted octanol–water partition coefficient (Wildman–Crippen LogP) is 4.90. The molecule has 4 rings (SSSR count). The van der Waals surface area contributed by atoms with E-state index in [2.05, 4.69) is 19.2 Å². The van der Waals surface area contributed by atoms with Crippen molar-refractivity contribution in [3.63, 3.8) is 0 Å². The average molecular weight is 394 g/mol. The van der Waals surface area contributed by atoms with Crippen LogP contribution in [0.3, 0.4) is 0 Å². The third-order valence-corrected chi connectivity index (χ3v) is 6.47. The van der Waals surface area contributed by atoms with E-state index in [4.69, 9.17) is 10.7 Å². The third-order valence-electron chi connectivity index (χ3n) is 5.36. The van der Waals surface area contributed by atoms with Crippen LogP contribution >= 0.6 is 11.3 Å². The Bertz CT molecular complexity index is 1140. The van der Waals surface area contributed by atoms with Gasteiger partial charge in [-0.1, -0.05) is 19.9 Å². The average Bonchev–Trinajstić information content (AvgIpc) is 2.92. The number of hydrogen-bond donors (Lipinski definition) is 2. The highest BCUT2D eigenvalue weighted by atomic mass is 32.1. The van der Waals surface area contributed by atoms with Crippen LogP contribution in [-0.2, 0) is 6.42 Å². The molecular weight excluding hydrogens is 370 g/mol. The molecule has 2 aromatic heterocycles. The summed E-state index contributed by atoms with van der Waals surface area (Å²) in [6, 6.07) is 7.60. The molecule has 144 valence electrons. The molecule has 1 amide bonds. The lowest BCUT2D eigenvalue weighted by Gasteiger charge is -2.29. The number of amides is 1. The minimum Gasteiger partial charge on any atom is -0.397 e. The van der Waals surface area contributed by atoms with Crippen LogP contribution in [0.2, 0.25) is 0 Å². The number of nitrogens with zero attached hydrogens (tertiary/aromatic N) is 1. The summed E-state index contributed by atoms with van der Waals surface area (Å²) in [5.74, 6) is -0.166. The van der Waals surface area contributed by atoms with E-state index in [9.17, 15) is 9.59 Å². The molecule has 0 unspecified atom stereocenters. The molecule has 3 aromatic rings. The van der Waals surface area contributed by atoms with Gasteiger partial charge in [0.2, 0.25) is 0 Å². The molecule has 28 heavy (non-hydrogen) atoms. The number of nitrogens with two attached hydrogens (primary N) is 1. The number of hydrogen-bond acceptors (Lipinski definition) is 5. The molecule has 1 aliphatic rings. The molecule has 5 nitrogen and oxygen atoms in total. The minimum atomic E-state index is -0.256. The zero-order valence-corrected chi connectivity index (χ0v) is 17.3. The number of nitrogen functional groups attached to an aromatic ring is 1. The van der Waals surface area contributed by atoms with Gasteiger partial charge >= 0.3 is 0 Å². The van der Waals surface area contributed by atoms with Crippen LogP contribution in [0.1, 0.15) is 57.1 Å². The quantitative estimate of drug-likeness (QED) is 0.648. The monoisotopic (exact) mass is 393 g/mol. The molecule has 1 aromatic carbocycles. The lowest BCUT2D eigenvalue weighted by molar-refractivity contribution is 0.0910. The molecule has 0 fully saturated rings. The highest BCUT2D eigenvalue weighted by molar-refractivity contribution is 7.21. The van der Waals surface area contributed by atoms with E-state index in [-0.39, 0.29) is 17.1 Å². The first kappa shape index (κ1) is 18.6. The summed E-state index contributed by atoms with van der Waals surface area (Å²) >= 11 is 1.27. The first-order valence-electron chi connectivity index (χ1n) is 9.28. The first-order chi connectivity index (χ1) is 13.1. The van der Waals surface area contributed by atoms with Crippen molar-refractivity contribution in [3.8, 4) is 0 Å². The van der Waals surface area contributed by atoms with Crippen LogP contribution in [0.5, 0.6) is 0 Å². The Morgan fingerprint density at radius 2 is 1.93 bits per heavy atom. The fraction of sp³-hybridized carbons (Fsp3) is 0.318. The summed E-state index contributed by atoms with van der Waals surface area (Å²) in [5.41, 5.74) is 11.0. The van der Waals surface area contributed by atoms with Crippen molar-refractivity contribution >= 4 is 44.6 Å². The maximum absolute atomic E-state index is 12.8. The van der Waals surface area contributed by atoms with E-state index in [0.717, 1.165) is 23.4 Å². The Hall–Kier alpha value is -2.73. The van der Waals surface area contributed by atoms with Crippen molar-refractivity contribution in [1.82, 2.24) is 4.98 Å². The Labute approximate surface area is 168 Å². The Balaban J connectivity index is 1.72. The van der Waals surface area contributed by atoms with E-state index >= 15 is 0 Å². The van der Waals surface area contributed by atoms with Gasteiger partial charge in [0.1, 0.15) is 9.71 Å². The van der Waals surface area contributed by atoms with Gasteiger partial charge in [-0.3, -0.25) is 9.59 Å². The zero-order valence-electron chi connectivity index (χ0n) is 16.5. The number of aryl methyl sites for hydroxylation is 2. The van der Waals surface area contributed by atoms with Crippen molar-refractivity contribution in [2.75, 3.05) is 11.1 Å². The van der Waals surface area contributed by atoms with Crippen molar-refractivity contribution in [2.24, 2.45) is 5.41 Å². The number of carbonyl (C=O) groups excluding carboxylic acids is 2. The molecule has 0 aliphatic heterocycles. The largest absolute Gasteiger partial charge is 0.397 e. The van der Waals surface area contributed by atoms with Gasteiger partial charge in [0, 0.05) is 23.1 Å². The van der Waals surface area contributed by atoms with Gasteiger partial charge in [-0.25, -0.2) is 4.98 Å².